The first kappa shape index (κ1) is 20.0. The van der Waals surface area contributed by atoms with E-state index in [2.05, 4.69) is 18.8 Å². The van der Waals surface area contributed by atoms with Crippen LogP contribution in [0, 0.1) is 5.92 Å². The van der Waals surface area contributed by atoms with Gasteiger partial charge in [0.2, 0.25) is 11.8 Å². The highest BCUT2D eigenvalue weighted by molar-refractivity contribution is 5.89. The van der Waals surface area contributed by atoms with Gasteiger partial charge in [0.05, 0.1) is 12.5 Å². The van der Waals surface area contributed by atoms with Crippen molar-refractivity contribution in [1.82, 2.24) is 15.1 Å². The van der Waals surface area contributed by atoms with Gasteiger partial charge < -0.3 is 15.1 Å². The maximum atomic E-state index is 12.5. The predicted octanol–water partition coefficient (Wildman–Crippen LogP) is 1.82. The minimum absolute atomic E-state index is 0. The summed E-state index contributed by atoms with van der Waals surface area (Å²) >= 11 is 0. The van der Waals surface area contributed by atoms with E-state index in [1.54, 1.807) is 0 Å². The summed E-state index contributed by atoms with van der Waals surface area (Å²) < 4.78 is 0. The Hall–Kier alpha value is -1.07. The maximum Gasteiger partial charge on any atom is 0.240 e. The second kappa shape index (κ2) is 9.93. The van der Waals surface area contributed by atoms with Crippen LogP contribution >= 0.6 is 12.4 Å². The van der Waals surface area contributed by atoms with Crippen LogP contribution < -0.4 is 5.32 Å². The fourth-order valence-corrected chi connectivity index (χ4v) is 3.16. The van der Waals surface area contributed by atoms with E-state index in [9.17, 15) is 9.59 Å². The Morgan fingerprint density at radius 1 is 1.35 bits per heavy atom. The Morgan fingerprint density at radius 2 is 2.04 bits per heavy atom. The van der Waals surface area contributed by atoms with Crippen molar-refractivity contribution in [2.75, 3.05) is 32.7 Å². The summed E-state index contributed by atoms with van der Waals surface area (Å²) in [4.78, 5) is 28.7. The molecule has 2 aliphatic heterocycles. The summed E-state index contributed by atoms with van der Waals surface area (Å²) in [6.07, 6.45) is 6.19. The number of amides is 2. The molecule has 6 heteroatoms. The summed E-state index contributed by atoms with van der Waals surface area (Å²) in [6, 6.07) is -0.343. The molecule has 23 heavy (non-hydrogen) atoms. The summed E-state index contributed by atoms with van der Waals surface area (Å²) in [5, 5.41) is 3.21. The lowest BCUT2D eigenvalue weighted by Crippen LogP contribution is -2.56. The molecule has 132 valence electrons. The number of carbonyl (C=O) groups is 2. The second-order valence-corrected chi connectivity index (χ2v) is 6.53. The molecule has 0 spiro atoms. The highest BCUT2D eigenvalue weighted by Crippen LogP contribution is 2.17. The number of rotatable bonds is 6. The third kappa shape index (κ3) is 5.81. The molecule has 1 N–H and O–H groups in total. The Kier molecular flexibility index (Phi) is 8.63. The van der Waals surface area contributed by atoms with Gasteiger partial charge in [0, 0.05) is 32.7 Å². The fourth-order valence-electron chi connectivity index (χ4n) is 3.16. The van der Waals surface area contributed by atoms with Gasteiger partial charge in [0.25, 0.3) is 0 Å². The Labute approximate surface area is 145 Å². The van der Waals surface area contributed by atoms with E-state index in [0.29, 0.717) is 12.3 Å². The van der Waals surface area contributed by atoms with Crippen molar-refractivity contribution in [1.29, 1.82) is 0 Å². The lowest BCUT2D eigenvalue weighted by molar-refractivity contribution is -0.141. The van der Waals surface area contributed by atoms with Gasteiger partial charge in [-0.3, -0.25) is 9.59 Å². The molecule has 2 saturated heterocycles. The van der Waals surface area contributed by atoms with Gasteiger partial charge in [-0.25, -0.2) is 0 Å². The number of carbonyl (C=O) groups excluding carboxylic acids is 2. The largest absolute Gasteiger partial charge is 0.343 e. The van der Waals surface area contributed by atoms with Crippen molar-refractivity contribution in [2.24, 2.45) is 5.92 Å². The molecule has 0 saturated carbocycles. The molecule has 2 fully saturated rings. The Morgan fingerprint density at radius 3 is 2.70 bits per heavy atom. The van der Waals surface area contributed by atoms with E-state index < -0.39 is 0 Å². The summed E-state index contributed by atoms with van der Waals surface area (Å²) in [5.74, 6) is 0.901. The smallest absolute Gasteiger partial charge is 0.240 e. The molecular formula is C17H30ClN3O2. The van der Waals surface area contributed by atoms with Crippen LogP contribution in [0.25, 0.3) is 0 Å². The van der Waals surface area contributed by atoms with Gasteiger partial charge >= 0.3 is 0 Å². The first-order valence-corrected chi connectivity index (χ1v) is 8.52. The van der Waals surface area contributed by atoms with Gasteiger partial charge in [0.1, 0.15) is 0 Å². The zero-order valence-electron chi connectivity index (χ0n) is 14.1. The van der Waals surface area contributed by atoms with Gasteiger partial charge in [-0.1, -0.05) is 13.0 Å². The van der Waals surface area contributed by atoms with E-state index in [0.717, 1.165) is 58.4 Å². The average Bonchev–Trinajstić information content (AvgIpc) is 2.51. The molecule has 0 aromatic carbocycles. The fraction of sp³-hybridized carbons (Fsp3) is 0.765. The van der Waals surface area contributed by atoms with Crippen molar-refractivity contribution in [3.05, 3.63) is 12.7 Å². The normalized spacial score (nSPS) is 22.7. The molecule has 0 aromatic rings. The third-order valence-corrected chi connectivity index (χ3v) is 4.73. The van der Waals surface area contributed by atoms with E-state index in [-0.39, 0.29) is 30.3 Å². The summed E-state index contributed by atoms with van der Waals surface area (Å²) in [7, 11) is 0. The molecule has 0 aromatic heterocycles. The molecule has 1 atom stereocenters. The van der Waals surface area contributed by atoms with Crippen LogP contribution in [-0.2, 0) is 9.59 Å². The number of piperazine rings is 1. The van der Waals surface area contributed by atoms with E-state index >= 15 is 0 Å². The van der Waals surface area contributed by atoms with Gasteiger partial charge in [-0.15, -0.1) is 19.0 Å². The van der Waals surface area contributed by atoms with Crippen molar-refractivity contribution in [2.45, 2.75) is 45.1 Å². The zero-order chi connectivity index (χ0) is 15.9. The van der Waals surface area contributed by atoms with Crippen LogP contribution in [0.3, 0.4) is 0 Å². The first-order chi connectivity index (χ1) is 10.6. The van der Waals surface area contributed by atoms with Crippen LogP contribution in [-0.4, -0.2) is 60.4 Å². The van der Waals surface area contributed by atoms with Crippen LogP contribution in [0.15, 0.2) is 12.7 Å². The van der Waals surface area contributed by atoms with Crippen molar-refractivity contribution >= 4 is 24.2 Å². The number of hydrogen-bond acceptors (Lipinski definition) is 3. The topological polar surface area (TPSA) is 52.7 Å². The Bertz CT molecular complexity index is 409. The Balaban J connectivity index is 0.00000264. The van der Waals surface area contributed by atoms with E-state index in [1.807, 2.05) is 15.9 Å². The average molecular weight is 344 g/mol. The van der Waals surface area contributed by atoms with Crippen LogP contribution in [0.4, 0.5) is 0 Å². The quantitative estimate of drug-likeness (QED) is 0.591. The summed E-state index contributed by atoms with van der Waals surface area (Å²) in [6.45, 7) is 9.89. The van der Waals surface area contributed by atoms with E-state index in [4.69, 9.17) is 0 Å². The maximum absolute atomic E-state index is 12.5. The number of likely N-dealkylation sites (tertiary alicyclic amines) is 1. The third-order valence-electron chi connectivity index (χ3n) is 4.73. The number of allylic oxidation sites excluding steroid dienone is 1. The van der Waals surface area contributed by atoms with Gasteiger partial charge in [-0.05, 0) is 31.6 Å². The first-order valence-electron chi connectivity index (χ1n) is 8.52. The molecule has 2 amide bonds. The minimum Gasteiger partial charge on any atom is -0.343 e. The lowest BCUT2D eigenvalue weighted by Gasteiger charge is -2.35. The molecule has 2 heterocycles. The van der Waals surface area contributed by atoms with E-state index in [1.165, 1.54) is 0 Å². The van der Waals surface area contributed by atoms with Crippen molar-refractivity contribution < 1.29 is 9.59 Å². The number of halogens is 1. The molecular weight excluding hydrogens is 314 g/mol. The summed E-state index contributed by atoms with van der Waals surface area (Å²) in [5.41, 5.74) is 0. The SMILES string of the molecule is C=CCCCN1CCNC(CC(=O)N2CCC(C)CC2)C1=O.Cl. The standard InChI is InChI=1S/C17H29N3O2.ClH/c1-3-4-5-9-20-12-8-18-15(17(20)22)13-16(21)19-10-6-14(2)7-11-19;/h3,14-15,18H,1,4-13H2,2H3;1H. The van der Waals surface area contributed by atoms with Crippen molar-refractivity contribution in [3.8, 4) is 0 Å². The second-order valence-electron chi connectivity index (χ2n) is 6.53. The molecule has 2 rings (SSSR count). The molecule has 2 aliphatic rings. The van der Waals surface area contributed by atoms with Crippen LogP contribution in [0.5, 0.6) is 0 Å². The number of nitrogens with one attached hydrogen (secondary N) is 1. The van der Waals surface area contributed by atoms with Crippen LogP contribution in [0.2, 0.25) is 0 Å². The van der Waals surface area contributed by atoms with Gasteiger partial charge in [-0.2, -0.15) is 0 Å². The minimum atomic E-state index is -0.343. The van der Waals surface area contributed by atoms with Crippen molar-refractivity contribution in [3.63, 3.8) is 0 Å². The number of nitrogens with zero attached hydrogens (tertiary/aromatic N) is 2. The monoisotopic (exact) mass is 343 g/mol. The molecule has 0 aliphatic carbocycles. The molecule has 0 radical (unpaired) electrons. The highest BCUT2D eigenvalue weighted by atomic mass is 35.5. The zero-order valence-corrected chi connectivity index (χ0v) is 14.9. The number of piperidine rings is 1. The number of hydrogen-bond donors (Lipinski definition) is 1. The molecule has 0 bridgehead atoms. The molecule has 5 nitrogen and oxygen atoms in total. The molecule has 1 unspecified atom stereocenters. The van der Waals surface area contributed by atoms with Gasteiger partial charge in [0.15, 0.2) is 0 Å². The van der Waals surface area contributed by atoms with Crippen LogP contribution in [0.1, 0.15) is 39.0 Å². The lowest BCUT2D eigenvalue weighted by atomic mass is 9.98. The number of unbranched alkanes of at least 4 members (excludes halogenated alkanes) is 1. The highest BCUT2D eigenvalue weighted by Gasteiger charge is 2.31. The predicted molar refractivity (Wildman–Crippen MR) is 94.6 cm³/mol.